The topological polar surface area (TPSA) is 38.9 Å². The van der Waals surface area contributed by atoms with Crippen molar-refractivity contribution in [3.63, 3.8) is 0 Å². The second-order valence-electron chi connectivity index (χ2n) is 4.97. The smallest absolute Gasteiger partial charge is 0.0938 e. The molecule has 2 aromatic rings. The van der Waals surface area contributed by atoms with Crippen LogP contribution in [0.25, 0.3) is 10.2 Å². The summed E-state index contributed by atoms with van der Waals surface area (Å²) in [6.07, 6.45) is 4.67. The largest absolute Gasteiger partial charge is 0.330 e. The molecule has 0 saturated carbocycles. The first-order valence-corrected chi connectivity index (χ1v) is 7.60. The van der Waals surface area contributed by atoms with E-state index in [1.165, 1.54) is 28.1 Å². The number of rotatable bonds is 6. The molecule has 2 nitrogen and oxygen atoms in total. The molecule has 0 aliphatic heterocycles. The van der Waals surface area contributed by atoms with Crippen molar-refractivity contribution >= 4 is 21.6 Å². The first-order valence-electron chi connectivity index (χ1n) is 6.79. The Labute approximate surface area is 113 Å². The molecule has 2 N–H and O–H groups in total. The van der Waals surface area contributed by atoms with Crippen LogP contribution in [0.5, 0.6) is 0 Å². The molecule has 0 radical (unpaired) electrons. The van der Waals surface area contributed by atoms with E-state index < -0.39 is 0 Å². The molecule has 0 spiro atoms. The summed E-state index contributed by atoms with van der Waals surface area (Å²) < 4.78 is 1.32. The quantitative estimate of drug-likeness (QED) is 0.857. The average molecular weight is 262 g/mol. The predicted octanol–water partition coefficient (Wildman–Crippen LogP) is 3.91. The van der Waals surface area contributed by atoms with Crippen molar-refractivity contribution in [3.05, 3.63) is 28.8 Å². The molecule has 1 aromatic carbocycles. The van der Waals surface area contributed by atoms with Crippen molar-refractivity contribution in [2.45, 2.75) is 39.5 Å². The third kappa shape index (κ3) is 3.30. The van der Waals surface area contributed by atoms with Gasteiger partial charge in [-0.25, -0.2) is 4.98 Å². The van der Waals surface area contributed by atoms with Crippen LogP contribution < -0.4 is 5.73 Å². The van der Waals surface area contributed by atoms with E-state index >= 15 is 0 Å². The number of thiazole rings is 1. The molecule has 0 bridgehead atoms. The van der Waals surface area contributed by atoms with Crippen LogP contribution >= 0.6 is 11.3 Å². The van der Waals surface area contributed by atoms with E-state index in [0.29, 0.717) is 0 Å². The zero-order valence-electron chi connectivity index (χ0n) is 11.3. The maximum Gasteiger partial charge on any atom is 0.0938 e. The third-order valence-corrected chi connectivity index (χ3v) is 4.58. The molecule has 18 heavy (non-hydrogen) atoms. The lowest BCUT2D eigenvalue weighted by molar-refractivity contribution is 0.443. The second kappa shape index (κ2) is 6.30. The molecule has 0 fully saturated rings. The van der Waals surface area contributed by atoms with Gasteiger partial charge in [0.15, 0.2) is 0 Å². The van der Waals surface area contributed by atoms with Gasteiger partial charge in [0.25, 0.3) is 0 Å². The van der Waals surface area contributed by atoms with Crippen LogP contribution in [0.3, 0.4) is 0 Å². The normalized spacial score (nSPS) is 13.1. The Kier molecular flexibility index (Phi) is 4.72. The predicted molar refractivity (Wildman–Crippen MR) is 80.1 cm³/mol. The molecule has 98 valence electrons. The second-order valence-corrected chi connectivity index (χ2v) is 6.08. The number of aryl methyl sites for hydroxylation is 2. The van der Waals surface area contributed by atoms with Crippen molar-refractivity contribution in [1.29, 1.82) is 0 Å². The zero-order chi connectivity index (χ0) is 13.0. The molecule has 0 saturated heterocycles. The summed E-state index contributed by atoms with van der Waals surface area (Å²) in [5, 5.41) is 1.27. The Bertz CT molecular complexity index is 504. The van der Waals surface area contributed by atoms with E-state index in [0.717, 1.165) is 30.8 Å². The number of nitrogens with zero attached hydrogens (tertiary/aromatic N) is 1. The molecule has 1 atom stereocenters. The SMILES string of the molecule is CCC(CCN)CCc1nc2ccc(C)cc2s1. The molecule has 0 amide bonds. The summed E-state index contributed by atoms with van der Waals surface area (Å²) in [7, 11) is 0. The average Bonchev–Trinajstić information content (AvgIpc) is 2.76. The summed E-state index contributed by atoms with van der Waals surface area (Å²) >= 11 is 1.84. The number of aromatic nitrogens is 1. The van der Waals surface area contributed by atoms with Crippen LogP contribution in [-0.2, 0) is 6.42 Å². The van der Waals surface area contributed by atoms with Gasteiger partial charge in [0.2, 0.25) is 0 Å². The van der Waals surface area contributed by atoms with Crippen LogP contribution in [0, 0.1) is 12.8 Å². The van der Waals surface area contributed by atoms with Gasteiger partial charge in [-0.05, 0) is 56.3 Å². The molecular weight excluding hydrogens is 240 g/mol. The number of nitrogens with two attached hydrogens (primary N) is 1. The van der Waals surface area contributed by atoms with Gasteiger partial charge in [-0.15, -0.1) is 11.3 Å². The van der Waals surface area contributed by atoms with E-state index in [1.807, 2.05) is 11.3 Å². The van der Waals surface area contributed by atoms with Crippen molar-refractivity contribution in [3.8, 4) is 0 Å². The first-order chi connectivity index (χ1) is 8.72. The Morgan fingerprint density at radius 3 is 2.89 bits per heavy atom. The van der Waals surface area contributed by atoms with Gasteiger partial charge in [-0.3, -0.25) is 0 Å². The highest BCUT2D eigenvalue weighted by atomic mass is 32.1. The van der Waals surface area contributed by atoms with Gasteiger partial charge in [-0.2, -0.15) is 0 Å². The number of hydrogen-bond donors (Lipinski definition) is 1. The molecule has 0 aliphatic carbocycles. The maximum atomic E-state index is 5.64. The fourth-order valence-electron chi connectivity index (χ4n) is 2.30. The molecule has 3 heteroatoms. The lowest BCUT2D eigenvalue weighted by atomic mass is 9.97. The standard InChI is InChI=1S/C15H22N2S/c1-3-12(8-9-16)5-7-15-17-13-6-4-11(2)10-14(13)18-15/h4,6,10,12H,3,5,7-9,16H2,1-2H3. The third-order valence-electron chi connectivity index (χ3n) is 3.51. The zero-order valence-corrected chi connectivity index (χ0v) is 12.1. The maximum absolute atomic E-state index is 5.64. The van der Waals surface area contributed by atoms with E-state index in [1.54, 1.807) is 0 Å². The molecule has 1 aromatic heterocycles. The lowest BCUT2D eigenvalue weighted by Gasteiger charge is -2.11. The highest BCUT2D eigenvalue weighted by Crippen LogP contribution is 2.25. The number of hydrogen-bond acceptors (Lipinski definition) is 3. The lowest BCUT2D eigenvalue weighted by Crippen LogP contribution is -2.08. The summed E-state index contributed by atoms with van der Waals surface area (Å²) in [4.78, 5) is 4.71. The number of fused-ring (bicyclic) bond motifs is 1. The van der Waals surface area contributed by atoms with Crippen molar-refractivity contribution in [2.75, 3.05) is 6.54 Å². The fourth-order valence-corrected chi connectivity index (χ4v) is 3.38. The van der Waals surface area contributed by atoms with Gasteiger partial charge < -0.3 is 5.73 Å². The first kappa shape index (κ1) is 13.5. The van der Waals surface area contributed by atoms with E-state index in [4.69, 9.17) is 10.7 Å². The van der Waals surface area contributed by atoms with Gasteiger partial charge in [0.05, 0.1) is 15.2 Å². The molecule has 2 rings (SSSR count). The number of benzene rings is 1. The highest BCUT2D eigenvalue weighted by Gasteiger charge is 2.08. The summed E-state index contributed by atoms with van der Waals surface area (Å²) in [5.74, 6) is 0.753. The summed E-state index contributed by atoms with van der Waals surface area (Å²) in [6, 6.07) is 6.49. The van der Waals surface area contributed by atoms with E-state index in [2.05, 4.69) is 32.0 Å². The van der Waals surface area contributed by atoms with Crippen molar-refractivity contribution < 1.29 is 0 Å². The van der Waals surface area contributed by atoms with Crippen molar-refractivity contribution in [1.82, 2.24) is 4.98 Å². The van der Waals surface area contributed by atoms with Gasteiger partial charge >= 0.3 is 0 Å². The molecule has 1 heterocycles. The fraction of sp³-hybridized carbons (Fsp3) is 0.533. The summed E-state index contributed by atoms with van der Waals surface area (Å²) in [5.41, 5.74) is 8.10. The van der Waals surface area contributed by atoms with E-state index in [-0.39, 0.29) is 0 Å². The Hall–Kier alpha value is -0.930. The monoisotopic (exact) mass is 262 g/mol. The van der Waals surface area contributed by atoms with Gasteiger partial charge in [0, 0.05) is 0 Å². The molecule has 1 unspecified atom stereocenters. The van der Waals surface area contributed by atoms with Crippen LogP contribution in [0.1, 0.15) is 36.8 Å². The van der Waals surface area contributed by atoms with Crippen LogP contribution in [0.15, 0.2) is 18.2 Å². The summed E-state index contributed by atoms with van der Waals surface area (Å²) in [6.45, 7) is 5.19. The minimum Gasteiger partial charge on any atom is -0.330 e. The van der Waals surface area contributed by atoms with Crippen LogP contribution in [-0.4, -0.2) is 11.5 Å². The minimum absolute atomic E-state index is 0.753. The van der Waals surface area contributed by atoms with Crippen LogP contribution in [0.4, 0.5) is 0 Å². The Morgan fingerprint density at radius 2 is 2.17 bits per heavy atom. The van der Waals surface area contributed by atoms with Crippen LogP contribution in [0.2, 0.25) is 0 Å². The van der Waals surface area contributed by atoms with Crippen molar-refractivity contribution in [2.24, 2.45) is 11.7 Å². The minimum atomic E-state index is 0.753. The van der Waals surface area contributed by atoms with E-state index in [9.17, 15) is 0 Å². The highest BCUT2D eigenvalue weighted by molar-refractivity contribution is 7.18. The Morgan fingerprint density at radius 1 is 1.33 bits per heavy atom. The van der Waals surface area contributed by atoms with Gasteiger partial charge in [0.1, 0.15) is 0 Å². The molecule has 0 aliphatic rings. The van der Waals surface area contributed by atoms with Gasteiger partial charge in [-0.1, -0.05) is 19.4 Å². The Balaban J connectivity index is 2.03. The molecular formula is C15H22N2S.